The van der Waals surface area contributed by atoms with Crippen LogP contribution >= 0.6 is 11.8 Å². The van der Waals surface area contributed by atoms with Crippen LogP contribution in [-0.4, -0.2) is 17.1 Å². The van der Waals surface area contributed by atoms with E-state index in [9.17, 15) is 4.39 Å². The van der Waals surface area contributed by atoms with Crippen LogP contribution in [0.1, 0.15) is 5.56 Å². The zero-order valence-corrected chi connectivity index (χ0v) is 16.7. The number of rotatable bonds is 6. The number of halogens is 1. The molecule has 0 amide bonds. The molecular weight excluding hydrogens is 383 g/mol. The van der Waals surface area contributed by atoms with Gasteiger partial charge in [0.15, 0.2) is 5.16 Å². The first-order valence-electron chi connectivity index (χ1n) is 9.17. The number of nitrogens with zero attached hydrogens (tertiary/aromatic N) is 2. The summed E-state index contributed by atoms with van der Waals surface area (Å²) in [6.07, 6.45) is 0. The fourth-order valence-electron chi connectivity index (χ4n) is 2.88. The third-order valence-electron chi connectivity index (χ3n) is 4.44. The average Bonchev–Trinajstić information content (AvgIpc) is 2.79. The van der Waals surface area contributed by atoms with Gasteiger partial charge in [0, 0.05) is 16.9 Å². The summed E-state index contributed by atoms with van der Waals surface area (Å²) in [5, 5.41) is 0.682. The monoisotopic (exact) mass is 402 g/mol. The van der Waals surface area contributed by atoms with Crippen LogP contribution in [0.15, 0.2) is 90.1 Å². The SMILES string of the molecule is COc1ccc(-c2cc(-c3ccccc3)nc(SCc3ccc(F)cc3)n2)cc1. The maximum absolute atomic E-state index is 13.1. The van der Waals surface area contributed by atoms with Crippen LogP contribution < -0.4 is 4.74 Å². The molecule has 0 saturated heterocycles. The Hall–Kier alpha value is -3.18. The lowest BCUT2D eigenvalue weighted by Crippen LogP contribution is -1.95. The first kappa shape index (κ1) is 19.2. The molecule has 5 heteroatoms. The van der Waals surface area contributed by atoms with Gasteiger partial charge in [0.25, 0.3) is 0 Å². The molecule has 0 aliphatic carbocycles. The van der Waals surface area contributed by atoms with Crippen LogP contribution in [0.5, 0.6) is 5.75 Å². The summed E-state index contributed by atoms with van der Waals surface area (Å²) in [5.74, 6) is 1.24. The van der Waals surface area contributed by atoms with E-state index in [1.54, 1.807) is 19.2 Å². The normalized spacial score (nSPS) is 10.7. The van der Waals surface area contributed by atoms with Gasteiger partial charge in [-0.05, 0) is 48.0 Å². The largest absolute Gasteiger partial charge is 0.497 e. The highest BCUT2D eigenvalue weighted by Crippen LogP contribution is 2.29. The van der Waals surface area contributed by atoms with Crippen LogP contribution in [0.2, 0.25) is 0 Å². The second-order valence-corrected chi connectivity index (χ2v) is 7.37. The molecule has 1 heterocycles. The minimum absolute atomic E-state index is 0.233. The molecule has 0 spiro atoms. The van der Waals surface area contributed by atoms with Crippen molar-refractivity contribution >= 4 is 11.8 Å². The first-order chi connectivity index (χ1) is 14.2. The molecule has 29 heavy (non-hydrogen) atoms. The van der Waals surface area contributed by atoms with E-state index in [1.807, 2.05) is 60.7 Å². The lowest BCUT2D eigenvalue weighted by atomic mass is 10.1. The van der Waals surface area contributed by atoms with Gasteiger partial charge in [-0.25, -0.2) is 14.4 Å². The highest BCUT2D eigenvalue weighted by Gasteiger charge is 2.10. The van der Waals surface area contributed by atoms with E-state index in [0.29, 0.717) is 10.9 Å². The number of benzene rings is 3. The number of aromatic nitrogens is 2. The highest BCUT2D eigenvalue weighted by molar-refractivity contribution is 7.98. The molecule has 0 radical (unpaired) electrons. The van der Waals surface area contributed by atoms with Gasteiger partial charge in [-0.1, -0.05) is 54.2 Å². The lowest BCUT2D eigenvalue weighted by Gasteiger charge is -2.09. The van der Waals surface area contributed by atoms with Crippen molar-refractivity contribution < 1.29 is 9.13 Å². The fourth-order valence-corrected chi connectivity index (χ4v) is 3.70. The van der Waals surface area contributed by atoms with E-state index in [0.717, 1.165) is 33.8 Å². The van der Waals surface area contributed by atoms with Crippen LogP contribution in [-0.2, 0) is 5.75 Å². The predicted octanol–water partition coefficient (Wildman–Crippen LogP) is 6.25. The Labute approximate surface area is 173 Å². The summed E-state index contributed by atoms with van der Waals surface area (Å²) in [7, 11) is 1.65. The van der Waals surface area contributed by atoms with Gasteiger partial charge < -0.3 is 4.74 Å². The molecule has 0 aliphatic heterocycles. The average molecular weight is 402 g/mol. The van der Waals surface area contributed by atoms with E-state index in [2.05, 4.69) is 0 Å². The number of ether oxygens (including phenoxy) is 1. The predicted molar refractivity (Wildman–Crippen MR) is 115 cm³/mol. The van der Waals surface area contributed by atoms with E-state index in [4.69, 9.17) is 14.7 Å². The molecule has 4 aromatic rings. The minimum Gasteiger partial charge on any atom is -0.497 e. The van der Waals surface area contributed by atoms with Crippen molar-refractivity contribution in [3.05, 3.63) is 96.3 Å². The third-order valence-corrected chi connectivity index (χ3v) is 5.36. The molecule has 0 fully saturated rings. The first-order valence-corrected chi connectivity index (χ1v) is 10.2. The van der Waals surface area contributed by atoms with E-state index in [-0.39, 0.29) is 5.82 Å². The Kier molecular flexibility index (Phi) is 5.86. The summed E-state index contributed by atoms with van der Waals surface area (Å²) in [4.78, 5) is 9.50. The molecule has 1 aromatic heterocycles. The summed E-state index contributed by atoms with van der Waals surface area (Å²) in [6, 6.07) is 26.4. The highest BCUT2D eigenvalue weighted by atomic mass is 32.2. The summed E-state index contributed by atoms with van der Waals surface area (Å²) in [6.45, 7) is 0. The number of methoxy groups -OCH3 is 1. The minimum atomic E-state index is -0.233. The number of hydrogen-bond donors (Lipinski definition) is 0. The molecule has 0 atom stereocenters. The van der Waals surface area contributed by atoms with Crippen molar-refractivity contribution in [1.82, 2.24) is 9.97 Å². The molecular formula is C24H19FN2OS. The van der Waals surface area contributed by atoms with Gasteiger partial charge in [0.1, 0.15) is 11.6 Å². The molecule has 0 aliphatic rings. The quantitative estimate of drug-likeness (QED) is 0.282. The van der Waals surface area contributed by atoms with E-state index in [1.165, 1.54) is 23.9 Å². The standard InChI is InChI=1S/C24H19FN2OS/c1-28-21-13-9-19(10-14-21)23-15-22(18-5-3-2-4-6-18)26-24(27-23)29-16-17-7-11-20(25)12-8-17/h2-15H,16H2,1H3. The van der Waals surface area contributed by atoms with Crippen LogP contribution in [0.25, 0.3) is 22.5 Å². The van der Waals surface area contributed by atoms with Crippen molar-refractivity contribution in [2.45, 2.75) is 10.9 Å². The molecule has 0 saturated carbocycles. The topological polar surface area (TPSA) is 35.0 Å². The van der Waals surface area contributed by atoms with Gasteiger partial charge in [-0.3, -0.25) is 0 Å². The summed E-state index contributed by atoms with van der Waals surface area (Å²) in [5.41, 5.74) is 4.77. The zero-order chi connectivity index (χ0) is 20.1. The Bertz CT molecular complexity index is 1080. The van der Waals surface area contributed by atoms with Crippen LogP contribution in [0.4, 0.5) is 4.39 Å². The Morgan fingerprint density at radius 2 is 1.41 bits per heavy atom. The smallest absolute Gasteiger partial charge is 0.189 e. The van der Waals surface area contributed by atoms with Crippen LogP contribution in [0.3, 0.4) is 0 Å². The van der Waals surface area contributed by atoms with Gasteiger partial charge >= 0.3 is 0 Å². The number of thioether (sulfide) groups is 1. The van der Waals surface area contributed by atoms with Gasteiger partial charge in [-0.2, -0.15) is 0 Å². The van der Waals surface area contributed by atoms with Crippen molar-refractivity contribution in [2.24, 2.45) is 0 Å². The van der Waals surface area contributed by atoms with Gasteiger partial charge in [-0.15, -0.1) is 0 Å². The van der Waals surface area contributed by atoms with Gasteiger partial charge in [0.2, 0.25) is 0 Å². The molecule has 0 N–H and O–H groups in total. The van der Waals surface area contributed by atoms with Gasteiger partial charge in [0.05, 0.1) is 18.5 Å². The van der Waals surface area contributed by atoms with E-state index >= 15 is 0 Å². The molecule has 3 aromatic carbocycles. The Morgan fingerprint density at radius 3 is 2.03 bits per heavy atom. The third kappa shape index (κ3) is 4.81. The molecule has 0 unspecified atom stereocenters. The number of hydrogen-bond acceptors (Lipinski definition) is 4. The molecule has 3 nitrogen and oxygen atoms in total. The second kappa shape index (κ2) is 8.88. The Morgan fingerprint density at radius 1 is 0.793 bits per heavy atom. The fraction of sp³-hybridized carbons (Fsp3) is 0.0833. The molecule has 4 rings (SSSR count). The maximum atomic E-state index is 13.1. The summed E-state index contributed by atoms with van der Waals surface area (Å²) < 4.78 is 18.4. The Balaban J connectivity index is 1.68. The van der Waals surface area contributed by atoms with E-state index < -0.39 is 0 Å². The maximum Gasteiger partial charge on any atom is 0.189 e. The summed E-state index contributed by atoms with van der Waals surface area (Å²) >= 11 is 1.54. The lowest BCUT2D eigenvalue weighted by molar-refractivity contribution is 0.415. The van der Waals surface area contributed by atoms with Crippen molar-refractivity contribution in [2.75, 3.05) is 7.11 Å². The second-order valence-electron chi connectivity index (χ2n) is 6.43. The van der Waals surface area contributed by atoms with Crippen LogP contribution in [0, 0.1) is 5.82 Å². The van der Waals surface area contributed by atoms with Crippen molar-refractivity contribution in [3.8, 4) is 28.3 Å². The molecule has 144 valence electrons. The van der Waals surface area contributed by atoms with Crippen molar-refractivity contribution in [1.29, 1.82) is 0 Å². The zero-order valence-electron chi connectivity index (χ0n) is 15.9. The van der Waals surface area contributed by atoms with Crippen molar-refractivity contribution in [3.63, 3.8) is 0 Å². The molecule has 0 bridgehead atoms.